The maximum Gasteiger partial charge on any atom is 0.220 e. The molecule has 0 bridgehead atoms. The smallest absolute Gasteiger partial charge is 0.220 e. The number of hydrogen-bond acceptors (Lipinski definition) is 5. The number of nitrogens with one attached hydrogen (secondary N) is 1. The summed E-state index contributed by atoms with van der Waals surface area (Å²) in [4.78, 5) is 16.6. The molecule has 2 atom stereocenters. The van der Waals surface area contributed by atoms with Gasteiger partial charge in [-0.25, -0.2) is 0 Å². The number of carbonyl (C=O) groups is 1. The molecule has 0 unspecified atom stereocenters. The van der Waals surface area contributed by atoms with Crippen molar-refractivity contribution in [1.82, 2.24) is 29.9 Å². The summed E-state index contributed by atoms with van der Waals surface area (Å²) < 4.78 is 3.64. The van der Waals surface area contributed by atoms with E-state index < -0.39 is 0 Å². The van der Waals surface area contributed by atoms with Crippen LogP contribution in [0.15, 0.2) is 24.7 Å². The van der Waals surface area contributed by atoms with Crippen molar-refractivity contribution in [3.8, 4) is 11.3 Å². The van der Waals surface area contributed by atoms with Crippen LogP contribution in [0.3, 0.4) is 0 Å². The van der Waals surface area contributed by atoms with Gasteiger partial charge in [0, 0.05) is 55.3 Å². The summed E-state index contributed by atoms with van der Waals surface area (Å²) in [5, 5.41) is 22.8. The van der Waals surface area contributed by atoms with Crippen LogP contribution in [0.1, 0.15) is 37.9 Å². The highest BCUT2D eigenvalue weighted by Crippen LogP contribution is 2.34. The summed E-state index contributed by atoms with van der Waals surface area (Å²) in [6, 6.07) is 2.21. The number of rotatable bonds is 5. The molecule has 3 aromatic rings. The molecule has 1 aliphatic rings. The molecular formula is C19H24N6O2. The Labute approximate surface area is 157 Å². The number of carbonyl (C=O) groups excluding carboxylic acids is 1. The van der Waals surface area contributed by atoms with E-state index >= 15 is 0 Å². The van der Waals surface area contributed by atoms with Crippen LogP contribution in [0.2, 0.25) is 0 Å². The summed E-state index contributed by atoms with van der Waals surface area (Å²) in [6.07, 6.45) is 6.10. The van der Waals surface area contributed by atoms with E-state index in [1.165, 1.54) is 0 Å². The molecule has 1 fully saturated rings. The van der Waals surface area contributed by atoms with Gasteiger partial charge < -0.3 is 10.4 Å². The molecule has 3 aromatic heterocycles. The minimum absolute atomic E-state index is 0.0204. The topological polar surface area (TPSA) is 97.9 Å². The molecule has 0 aliphatic carbocycles. The zero-order valence-corrected chi connectivity index (χ0v) is 15.8. The quantitative estimate of drug-likeness (QED) is 0.713. The normalized spacial score (nSPS) is 18.4. The number of nitrogens with zero attached hydrogens (tertiary/aromatic N) is 5. The molecule has 27 heavy (non-hydrogen) atoms. The lowest BCUT2D eigenvalue weighted by atomic mass is 9.87. The maximum absolute atomic E-state index is 11.7. The first kappa shape index (κ1) is 17.7. The van der Waals surface area contributed by atoms with Crippen LogP contribution in [0.4, 0.5) is 0 Å². The molecule has 0 aromatic carbocycles. The molecule has 2 N–H and O–H groups in total. The van der Waals surface area contributed by atoms with Gasteiger partial charge in [-0.1, -0.05) is 0 Å². The number of aliphatic hydroxyl groups excluding tert-OH is 1. The zero-order valence-electron chi connectivity index (χ0n) is 15.8. The van der Waals surface area contributed by atoms with E-state index in [1.807, 2.05) is 30.2 Å². The Morgan fingerprint density at radius 2 is 2.19 bits per heavy atom. The molecule has 1 saturated heterocycles. The first-order chi connectivity index (χ1) is 13.0. The molecular weight excluding hydrogens is 344 g/mol. The number of aliphatic hydroxyl groups is 1. The predicted octanol–water partition coefficient (Wildman–Crippen LogP) is 1.62. The number of aryl methyl sites for hydroxylation is 1. The summed E-state index contributed by atoms with van der Waals surface area (Å²) in [5.41, 5.74) is 3.30. The lowest BCUT2D eigenvalue weighted by molar-refractivity contribution is -0.119. The van der Waals surface area contributed by atoms with Gasteiger partial charge in [-0.2, -0.15) is 10.2 Å². The van der Waals surface area contributed by atoms with E-state index in [9.17, 15) is 9.90 Å². The molecule has 0 radical (unpaired) electrons. The Bertz CT molecular complexity index is 989. The molecule has 0 saturated carbocycles. The largest absolute Gasteiger partial charge is 0.396 e. The number of pyridine rings is 1. The second-order valence-corrected chi connectivity index (χ2v) is 7.49. The van der Waals surface area contributed by atoms with Gasteiger partial charge in [0.2, 0.25) is 5.91 Å². The van der Waals surface area contributed by atoms with E-state index in [0.717, 1.165) is 27.9 Å². The van der Waals surface area contributed by atoms with Crippen molar-refractivity contribution in [2.24, 2.45) is 13.0 Å². The number of amides is 1. The summed E-state index contributed by atoms with van der Waals surface area (Å²) in [6.45, 7) is 4.64. The van der Waals surface area contributed by atoms with Crippen molar-refractivity contribution in [2.45, 2.75) is 32.2 Å². The van der Waals surface area contributed by atoms with Gasteiger partial charge in [-0.15, -0.1) is 0 Å². The van der Waals surface area contributed by atoms with Crippen molar-refractivity contribution in [3.63, 3.8) is 0 Å². The number of aromatic nitrogens is 5. The fourth-order valence-electron chi connectivity index (χ4n) is 3.72. The van der Waals surface area contributed by atoms with Gasteiger partial charge in [0.25, 0.3) is 0 Å². The van der Waals surface area contributed by atoms with Crippen LogP contribution < -0.4 is 5.32 Å². The average Bonchev–Trinajstić information content (AvgIpc) is 3.34. The molecule has 4 heterocycles. The Morgan fingerprint density at radius 3 is 2.81 bits per heavy atom. The Balaban J connectivity index is 1.83. The third kappa shape index (κ3) is 3.21. The van der Waals surface area contributed by atoms with Crippen LogP contribution in [-0.4, -0.2) is 48.7 Å². The SMILES string of the molecule is CC(C)n1cc(-c2cc3nn(C)cc3c([C@H](CO)[C@@H]3CNC(=O)C3)n2)cn1. The van der Waals surface area contributed by atoms with Crippen LogP contribution in [0.5, 0.6) is 0 Å². The third-order valence-corrected chi connectivity index (χ3v) is 5.20. The van der Waals surface area contributed by atoms with Gasteiger partial charge in [0.15, 0.2) is 0 Å². The molecule has 0 spiro atoms. The summed E-state index contributed by atoms with van der Waals surface area (Å²) >= 11 is 0. The number of fused-ring (bicyclic) bond motifs is 1. The molecule has 142 valence electrons. The van der Waals surface area contributed by atoms with E-state index in [0.29, 0.717) is 13.0 Å². The van der Waals surface area contributed by atoms with Crippen LogP contribution in [0, 0.1) is 5.92 Å². The molecule has 1 aliphatic heterocycles. The first-order valence-electron chi connectivity index (χ1n) is 9.22. The van der Waals surface area contributed by atoms with Gasteiger partial charge in [-0.3, -0.25) is 19.1 Å². The molecule has 8 heteroatoms. The van der Waals surface area contributed by atoms with Gasteiger partial charge in [0.05, 0.1) is 29.7 Å². The molecule has 4 rings (SSSR count). The highest BCUT2D eigenvalue weighted by Gasteiger charge is 2.32. The Morgan fingerprint density at radius 1 is 1.37 bits per heavy atom. The average molecular weight is 368 g/mol. The van der Waals surface area contributed by atoms with Crippen LogP contribution in [-0.2, 0) is 11.8 Å². The standard InChI is InChI=1S/C19H24N6O2/c1-11(2)25-8-13(7-21-25)16-5-17-14(9-24(3)23-17)19(22-16)15(10-26)12-4-18(27)20-6-12/h5,7-9,11-12,15,26H,4,6,10H2,1-3H3,(H,20,27)/t12-,15+/m0/s1. The zero-order chi connectivity index (χ0) is 19.1. The van der Waals surface area contributed by atoms with Crippen LogP contribution >= 0.6 is 0 Å². The van der Waals surface area contributed by atoms with E-state index in [-0.39, 0.29) is 30.4 Å². The van der Waals surface area contributed by atoms with Gasteiger partial charge in [-0.05, 0) is 25.8 Å². The van der Waals surface area contributed by atoms with E-state index in [4.69, 9.17) is 4.98 Å². The van der Waals surface area contributed by atoms with Crippen molar-refractivity contribution >= 4 is 16.8 Å². The maximum atomic E-state index is 11.7. The van der Waals surface area contributed by atoms with Crippen molar-refractivity contribution in [3.05, 3.63) is 30.4 Å². The first-order valence-corrected chi connectivity index (χ1v) is 9.22. The monoisotopic (exact) mass is 368 g/mol. The van der Waals surface area contributed by atoms with Crippen LogP contribution in [0.25, 0.3) is 22.2 Å². The highest BCUT2D eigenvalue weighted by molar-refractivity contribution is 5.85. The van der Waals surface area contributed by atoms with Crippen molar-refractivity contribution in [1.29, 1.82) is 0 Å². The third-order valence-electron chi connectivity index (χ3n) is 5.20. The fraction of sp³-hybridized carbons (Fsp3) is 0.474. The van der Waals surface area contributed by atoms with Gasteiger partial charge >= 0.3 is 0 Å². The lowest BCUT2D eigenvalue weighted by Gasteiger charge is -2.20. The second kappa shape index (κ2) is 6.77. The van der Waals surface area contributed by atoms with Gasteiger partial charge in [0.1, 0.15) is 0 Å². The summed E-state index contributed by atoms with van der Waals surface area (Å²) in [7, 11) is 1.87. The van der Waals surface area contributed by atoms with E-state index in [2.05, 4.69) is 29.4 Å². The Hall–Kier alpha value is -2.74. The Kier molecular flexibility index (Phi) is 4.43. The highest BCUT2D eigenvalue weighted by atomic mass is 16.3. The molecule has 1 amide bonds. The van der Waals surface area contributed by atoms with Crippen molar-refractivity contribution in [2.75, 3.05) is 13.2 Å². The van der Waals surface area contributed by atoms with Crippen molar-refractivity contribution < 1.29 is 9.90 Å². The minimum atomic E-state index is -0.226. The predicted molar refractivity (Wildman–Crippen MR) is 101 cm³/mol. The fourth-order valence-corrected chi connectivity index (χ4v) is 3.72. The summed E-state index contributed by atoms with van der Waals surface area (Å²) in [5.74, 6) is -0.182. The second-order valence-electron chi connectivity index (χ2n) is 7.49. The van der Waals surface area contributed by atoms with E-state index in [1.54, 1.807) is 10.9 Å². The molecule has 8 nitrogen and oxygen atoms in total. The number of hydrogen-bond donors (Lipinski definition) is 2. The minimum Gasteiger partial charge on any atom is -0.396 e. The lowest BCUT2D eigenvalue weighted by Crippen LogP contribution is -2.21.